The molecule has 1 saturated carbocycles. The fraction of sp³-hybridized carbons (Fsp3) is 0.480. The van der Waals surface area contributed by atoms with Crippen LogP contribution in [0.2, 0.25) is 0 Å². The molecule has 2 atom stereocenters. The van der Waals surface area contributed by atoms with Crippen LogP contribution in [0.1, 0.15) is 59.0 Å². The largest absolute Gasteiger partial charge is 0.491 e. The van der Waals surface area contributed by atoms with E-state index in [9.17, 15) is 23.2 Å². The first-order valence-electron chi connectivity index (χ1n) is 11.4. The Morgan fingerprint density at radius 2 is 1.91 bits per heavy atom. The lowest BCUT2D eigenvalue weighted by atomic mass is 9.59. The first-order chi connectivity index (χ1) is 16.7. The lowest BCUT2D eigenvalue weighted by Gasteiger charge is -2.53. The van der Waals surface area contributed by atoms with E-state index in [0.29, 0.717) is 18.9 Å². The van der Waals surface area contributed by atoms with Crippen molar-refractivity contribution in [3.05, 3.63) is 63.1 Å². The second kappa shape index (κ2) is 9.50. The van der Waals surface area contributed by atoms with E-state index in [1.807, 2.05) is 6.92 Å². The lowest BCUT2D eigenvalue weighted by Crippen LogP contribution is -2.61. The predicted octanol–water partition coefficient (Wildman–Crippen LogP) is 3.20. The van der Waals surface area contributed by atoms with Gasteiger partial charge in [0.2, 0.25) is 5.43 Å². The summed E-state index contributed by atoms with van der Waals surface area (Å²) in [7, 11) is 2.77. The van der Waals surface area contributed by atoms with Gasteiger partial charge in [0.1, 0.15) is 35.3 Å². The molecular formula is C25H28F2N2O6. The number of methoxy groups -OCH3 is 2. The van der Waals surface area contributed by atoms with Crippen molar-refractivity contribution in [2.24, 2.45) is 5.41 Å². The molecule has 1 aliphatic carbocycles. The van der Waals surface area contributed by atoms with E-state index < -0.39 is 34.0 Å². The Kier molecular flexibility index (Phi) is 6.79. The van der Waals surface area contributed by atoms with Gasteiger partial charge in [0.15, 0.2) is 11.5 Å². The van der Waals surface area contributed by atoms with Gasteiger partial charge in [-0.2, -0.15) is 0 Å². The predicted molar refractivity (Wildman–Crippen MR) is 121 cm³/mol. The SMILES string of the molecule is COCO[C@@]12CCCC[C@]1(C)C(=O)c1c(OC)c(=O)c(C(=O)NCc3ccc(F)cc3F)cn1C2. The Hall–Kier alpha value is -3.11. The number of rotatable bonds is 7. The molecule has 1 aliphatic heterocycles. The lowest BCUT2D eigenvalue weighted by molar-refractivity contribution is -0.197. The van der Waals surface area contributed by atoms with E-state index >= 15 is 0 Å². The number of nitrogens with one attached hydrogen (secondary N) is 1. The molecule has 0 unspecified atom stereocenters. The van der Waals surface area contributed by atoms with Crippen LogP contribution in [0.15, 0.2) is 29.2 Å². The second-order valence-corrected chi connectivity index (χ2v) is 9.21. The van der Waals surface area contributed by atoms with Gasteiger partial charge >= 0.3 is 0 Å². The monoisotopic (exact) mass is 490 g/mol. The summed E-state index contributed by atoms with van der Waals surface area (Å²) in [5.41, 5.74) is -2.62. The van der Waals surface area contributed by atoms with Crippen LogP contribution in [-0.2, 0) is 22.6 Å². The molecule has 1 amide bonds. The molecule has 2 aliphatic rings. The van der Waals surface area contributed by atoms with Crippen LogP contribution in [0.4, 0.5) is 8.78 Å². The van der Waals surface area contributed by atoms with Crippen LogP contribution in [0.3, 0.4) is 0 Å². The fourth-order valence-corrected chi connectivity index (χ4v) is 5.24. The summed E-state index contributed by atoms with van der Waals surface area (Å²) < 4.78 is 45.3. The van der Waals surface area contributed by atoms with Crippen molar-refractivity contribution in [1.82, 2.24) is 9.88 Å². The highest BCUT2D eigenvalue weighted by Crippen LogP contribution is 2.52. The zero-order valence-corrected chi connectivity index (χ0v) is 19.9. The van der Waals surface area contributed by atoms with Gasteiger partial charge in [-0.1, -0.05) is 18.9 Å². The number of ether oxygens (including phenoxy) is 3. The smallest absolute Gasteiger partial charge is 0.257 e. The van der Waals surface area contributed by atoms with Crippen molar-refractivity contribution in [2.75, 3.05) is 21.0 Å². The van der Waals surface area contributed by atoms with Crippen molar-refractivity contribution in [3.63, 3.8) is 0 Å². The molecule has 8 nitrogen and oxygen atoms in total. The Morgan fingerprint density at radius 3 is 2.60 bits per heavy atom. The summed E-state index contributed by atoms with van der Waals surface area (Å²) in [4.78, 5) is 39.9. The standard InChI is InChI=1S/C25H28F2N2O6/c1-24-8-4-5-9-25(24,35-14-33-2)13-29-12-17(20(30)21(34-3)19(29)22(24)31)23(32)28-11-15-6-7-16(26)10-18(15)27/h6-7,10,12H,4-5,8-9,11,13-14H2,1-3H3,(H,28,32)/t24-,25-/m1/s1. The molecular weight excluding hydrogens is 462 g/mol. The fourth-order valence-electron chi connectivity index (χ4n) is 5.24. The maximum atomic E-state index is 14.0. The topological polar surface area (TPSA) is 95.9 Å². The molecule has 0 radical (unpaired) electrons. The van der Waals surface area contributed by atoms with E-state index in [1.165, 1.54) is 26.5 Å². The molecule has 0 spiro atoms. The first kappa shape index (κ1) is 25.0. The van der Waals surface area contributed by atoms with Gasteiger partial charge in [-0.3, -0.25) is 14.4 Å². The van der Waals surface area contributed by atoms with Crippen molar-refractivity contribution in [1.29, 1.82) is 0 Å². The van der Waals surface area contributed by atoms with Crippen LogP contribution in [0.5, 0.6) is 5.75 Å². The third-order valence-electron chi connectivity index (χ3n) is 7.25. The molecule has 0 bridgehead atoms. The van der Waals surface area contributed by atoms with Gasteiger partial charge in [0.25, 0.3) is 5.91 Å². The van der Waals surface area contributed by atoms with Crippen LogP contribution in [0, 0.1) is 17.0 Å². The molecule has 1 aromatic carbocycles. The maximum absolute atomic E-state index is 14.0. The second-order valence-electron chi connectivity index (χ2n) is 9.21. The van der Waals surface area contributed by atoms with Crippen molar-refractivity contribution >= 4 is 11.7 Å². The zero-order valence-electron chi connectivity index (χ0n) is 19.9. The normalized spacial score (nSPS) is 23.4. The number of carbonyl (C=O) groups is 2. The van der Waals surface area contributed by atoms with E-state index in [-0.39, 0.29) is 48.2 Å². The molecule has 2 aromatic rings. The summed E-state index contributed by atoms with van der Waals surface area (Å²) in [6, 6.07) is 3.00. The highest BCUT2D eigenvalue weighted by molar-refractivity contribution is 6.04. The molecule has 10 heteroatoms. The number of Topliss-reactive ketones (excluding diaryl/α,β-unsaturated/α-hetero) is 1. The number of halogens is 2. The van der Waals surface area contributed by atoms with E-state index in [4.69, 9.17) is 14.2 Å². The third kappa shape index (κ3) is 4.14. The molecule has 0 saturated heterocycles. The van der Waals surface area contributed by atoms with Crippen molar-refractivity contribution in [3.8, 4) is 5.75 Å². The Bertz CT molecular complexity index is 1230. The number of fused-ring (bicyclic) bond motifs is 2. The van der Waals surface area contributed by atoms with Crippen molar-refractivity contribution < 1.29 is 32.6 Å². The number of hydrogen-bond donors (Lipinski definition) is 1. The number of amides is 1. The third-order valence-corrected chi connectivity index (χ3v) is 7.25. The molecule has 35 heavy (non-hydrogen) atoms. The first-order valence-corrected chi connectivity index (χ1v) is 11.4. The zero-order chi connectivity index (χ0) is 25.4. The van der Waals surface area contributed by atoms with Crippen LogP contribution < -0.4 is 15.5 Å². The summed E-state index contributed by atoms with van der Waals surface area (Å²) in [5, 5.41) is 2.49. The minimum absolute atomic E-state index is 0.00782. The van der Waals surface area contributed by atoms with Crippen LogP contribution in [-0.4, -0.2) is 42.9 Å². The molecule has 1 fully saturated rings. The summed E-state index contributed by atoms with van der Waals surface area (Å²) in [6.07, 6.45) is 4.21. The Labute approximate surface area is 201 Å². The molecule has 1 aromatic heterocycles. The number of carbonyl (C=O) groups excluding carboxylic acids is 2. The molecule has 2 heterocycles. The summed E-state index contributed by atoms with van der Waals surface area (Å²) >= 11 is 0. The van der Waals surface area contributed by atoms with Gasteiger partial charge in [-0.15, -0.1) is 0 Å². The molecule has 188 valence electrons. The van der Waals surface area contributed by atoms with Gasteiger partial charge in [0.05, 0.1) is 19.1 Å². The van der Waals surface area contributed by atoms with Crippen LogP contribution in [0.25, 0.3) is 0 Å². The number of benzene rings is 1. The minimum atomic E-state index is -0.895. The van der Waals surface area contributed by atoms with E-state index in [1.54, 1.807) is 4.57 Å². The van der Waals surface area contributed by atoms with Gasteiger partial charge in [-0.05, 0) is 25.8 Å². The molecule has 4 rings (SSSR count). The number of nitrogens with zero attached hydrogens (tertiary/aromatic N) is 1. The maximum Gasteiger partial charge on any atom is 0.257 e. The van der Waals surface area contributed by atoms with Gasteiger partial charge < -0.3 is 24.1 Å². The van der Waals surface area contributed by atoms with Gasteiger partial charge in [-0.25, -0.2) is 8.78 Å². The van der Waals surface area contributed by atoms with E-state index in [2.05, 4.69) is 5.32 Å². The van der Waals surface area contributed by atoms with Crippen LogP contribution >= 0.6 is 0 Å². The Morgan fingerprint density at radius 1 is 1.17 bits per heavy atom. The van der Waals surface area contributed by atoms with E-state index in [0.717, 1.165) is 18.9 Å². The number of pyridine rings is 1. The highest BCUT2D eigenvalue weighted by atomic mass is 19.1. The van der Waals surface area contributed by atoms with Gasteiger partial charge in [0, 0.05) is 31.5 Å². The summed E-state index contributed by atoms with van der Waals surface area (Å²) in [6.45, 7) is 1.80. The quantitative estimate of drug-likeness (QED) is 0.599. The number of ketones is 1. The Balaban J connectivity index is 1.73. The number of aromatic nitrogens is 1. The highest BCUT2D eigenvalue weighted by Gasteiger charge is 2.59. The minimum Gasteiger partial charge on any atom is -0.491 e. The average molecular weight is 491 g/mol. The van der Waals surface area contributed by atoms with Crippen molar-refractivity contribution in [2.45, 2.75) is 51.3 Å². The molecule has 1 N–H and O–H groups in total. The summed E-state index contributed by atoms with van der Waals surface area (Å²) in [5.74, 6) is -2.83. The average Bonchev–Trinajstić information content (AvgIpc) is 2.83. The number of hydrogen-bond acceptors (Lipinski definition) is 6.